The van der Waals surface area contributed by atoms with Crippen molar-refractivity contribution in [1.82, 2.24) is 4.98 Å². The van der Waals surface area contributed by atoms with E-state index in [2.05, 4.69) is 4.98 Å². The number of ether oxygens (including phenoxy) is 2. The molecule has 0 bridgehead atoms. The monoisotopic (exact) mass is 291 g/mol. The van der Waals surface area contributed by atoms with E-state index >= 15 is 0 Å². The Bertz CT molecular complexity index is 516. The second kappa shape index (κ2) is 6.29. The van der Waals surface area contributed by atoms with Crippen LogP contribution in [0.25, 0.3) is 6.08 Å². The molecule has 4 nitrogen and oxygen atoms in total. The minimum absolute atomic E-state index is 0.300. The van der Waals surface area contributed by atoms with Crippen molar-refractivity contribution < 1.29 is 14.3 Å². The molecular weight excluding hydrogens is 266 g/mol. The van der Waals surface area contributed by atoms with Gasteiger partial charge in [-0.15, -0.1) is 0 Å². The van der Waals surface area contributed by atoms with Gasteiger partial charge in [0.05, 0.1) is 7.11 Å². The molecule has 0 aromatic carbocycles. The number of hydrogen-bond donors (Lipinski definition) is 0. The van der Waals surface area contributed by atoms with E-state index in [4.69, 9.17) is 9.47 Å². The van der Waals surface area contributed by atoms with Gasteiger partial charge in [-0.3, -0.25) is 0 Å². The summed E-state index contributed by atoms with van der Waals surface area (Å²) in [5, 5.41) is 0. The Morgan fingerprint density at radius 2 is 1.76 bits per heavy atom. The molecule has 1 aromatic rings. The van der Waals surface area contributed by atoms with Crippen LogP contribution in [0.15, 0.2) is 23.9 Å². The fourth-order valence-corrected chi connectivity index (χ4v) is 1.68. The van der Waals surface area contributed by atoms with Gasteiger partial charge in [0.15, 0.2) is 0 Å². The molecule has 1 heterocycles. The normalized spacial score (nSPS) is 13.0. The summed E-state index contributed by atoms with van der Waals surface area (Å²) in [6.07, 6.45) is 3.50. The maximum atomic E-state index is 12.4. The van der Waals surface area contributed by atoms with Gasteiger partial charge < -0.3 is 9.47 Å². The van der Waals surface area contributed by atoms with E-state index in [1.165, 1.54) is 0 Å². The second-order valence-corrected chi connectivity index (χ2v) is 6.94. The summed E-state index contributed by atoms with van der Waals surface area (Å²) in [6, 6.07) is 3.63. The van der Waals surface area contributed by atoms with Crippen LogP contribution in [0.2, 0.25) is 0 Å². The molecule has 0 amide bonds. The lowest BCUT2D eigenvalue weighted by atomic mass is 9.85. The summed E-state index contributed by atoms with van der Waals surface area (Å²) in [7, 11) is 1.57. The molecule has 21 heavy (non-hydrogen) atoms. The predicted molar refractivity (Wildman–Crippen MR) is 84.1 cm³/mol. The van der Waals surface area contributed by atoms with Crippen molar-refractivity contribution >= 4 is 12.0 Å². The fraction of sp³-hybridized carbons (Fsp3) is 0.529. The van der Waals surface area contributed by atoms with Crippen molar-refractivity contribution in [3.63, 3.8) is 0 Å². The first-order valence-corrected chi connectivity index (χ1v) is 6.98. The molecule has 1 aromatic heterocycles. The smallest absolute Gasteiger partial charge is 0.335 e. The Morgan fingerprint density at radius 3 is 2.14 bits per heavy atom. The van der Waals surface area contributed by atoms with Crippen LogP contribution in [0.1, 0.15) is 47.1 Å². The number of carbonyl (C=O) groups is 1. The third-order valence-corrected chi connectivity index (χ3v) is 2.71. The number of aromatic nitrogens is 1. The van der Waals surface area contributed by atoms with Crippen molar-refractivity contribution in [2.45, 2.75) is 47.1 Å². The van der Waals surface area contributed by atoms with Crippen molar-refractivity contribution in [2.75, 3.05) is 7.11 Å². The summed E-state index contributed by atoms with van der Waals surface area (Å²) in [5.41, 5.74) is 0.623. The minimum Gasteiger partial charge on any atom is -0.481 e. The Balaban J connectivity index is 3.12. The first-order valence-electron chi connectivity index (χ1n) is 6.98. The highest BCUT2D eigenvalue weighted by atomic mass is 16.6. The van der Waals surface area contributed by atoms with Crippen LogP contribution in [-0.4, -0.2) is 23.7 Å². The molecule has 0 N–H and O–H groups in total. The third-order valence-electron chi connectivity index (χ3n) is 2.71. The van der Waals surface area contributed by atoms with Gasteiger partial charge in [-0.2, -0.15) is 0 Å². The van der Waals surface area contributed by atoms with E-state index in [0.717, 1.165) is 5.56 Å². The Morgan fingerprint density at radius 1 is 1.14 bits per heavy atom. The molecule has 0 fully saturated rings. The molecule has 0 saturated heterocycles. The zero-order valence-electron chi connectivity index (χ0n) is 14.0. The largest absolute Gasteiger partial charge is 0.481 e. The molecule has 0 aliphatic heterocycles. The van der Waals surface area contributed by atoms with Crippen LogP contribution in [0.3, 0.4) is 0 Å². The van der Waals surface area contributed by atoms with E-state index in [-0.39, 0.29) is 11.4 Å². The van der Waals surface area contributed by atoms with Crippen molar-refractivity contribution in [1.29, 1.82) is 0 Å². The summed E-state index contributed by atoms with van der Waals surface area (Å²) in [5.74, 6) is 0.243. The first kappa shape index (κ1) is 17.2. The number of rotatable bonds is 3. The lowest BCUT2D eigenvalue weighted by Gasteiger charge is -2.26. The molecule has 0 atom stereocenters. The second-order valence-electron chi connectivity index (χ2n) is 6.94. The Hall–Kier alpha value is -1.84. The molecule has 0 saturated carbocycles. The summed E-state index contributed by atoms with van der Waals surface area (Å²) in [4.78, 5) is 16.5. The topological polar surface area (TPSA) is 48.4 Å². The summed E-state index contributed by atoms with van der Waals surface area (Å²) < 4.78 is 10.5. The number of esters is 1. The van der Waals surface area contributed by atoms with Gasteiger partial charge in [-0.25, -0.2) is 9.78 Å². The Labute approximate surface area is 127 Å². The van der Waals surface area contributed by atoms with Gasteiger partial charge in [0.25, 0.3) is 0 Å². The molecular formula is C17H25NO3. The van der Waals surface area contributed by atoms with E-state index in [1.807, 2.05) is 53.7 Å². The quantitative estimate of drug-likeness (QED) is 0.626. The molecule has 1 rings (SSSR count). The molecule has 0 radical (unpaired) electrons. The zero-order chi connectivity index (χ0) is 16.3. The molecule has 4 heteroatoms. The van der Waals surface area contributed by atoms with E-state index < -0.39 is 5.60 Å². The summed E-state index contributed by atoms with van der Waals surface area (Å²) in [6.45, 7) is 11.5. The number of pyridine rings is 1. The number of carbonyl (C=O) groups excluding carboxylic acids is 1. The highest BCUT2D eigenvalue weighted by molar-refractivity contribution is 5.95. The maximum Gasteiger partial charge on any atom is 0.335 e. The van der Waals surface area contributed by atoms with Gasteiger partial charge in [-0.05, 0) is 43.9 Å². The van der Waals surface area contributed by atoms with E-state index in [0.29, 0.717) is 11.5 Å². The minimum atomic E-state index is -0.514. The number of nitrogens with zero attached hydrogens (tertiary/aromatic N) is 1. The van der Waals surface area contributed by atoms with Gasteiger partial charge in [0.1, 0.15) is 5.60 Å². The van der Waals surface area contributed by atoms with Crippen LogP contribution >= 0.6 is 0 Å². The van der Waals surface area contributed by atoms with Crippen LogP contribution < -0.4 is 4.74 Å². The first-order chi connectivity index (χ1) is 9.53. The van der Waals surface area contributed by atoms with E-state index in [9.17, 15) is 4.79 Å². The molecule has 0 aliphatic carbocycles. The van der Waals surface area contributed by atoms with Crippen LogP contribution in [0, 0.1) is 5.41 Å². The maximum absolute atomic E-state index is 12.4. The SMILES string of the molecule is COc1ccc(C=C(C(=O)OC(C)(C)C)C(C)(C)C)cn1. The lowest BCUT2D eigenvalue weighted by Crippen LogP contribution is -2.28. The fourth-order valence-electron chi connectivity index (χ4n) is 1.68. The standard InChI is InChI=1S/C17H25NO3/c1-16(2,3)13(15(19)21-17(4,5)6)10-12-8-9-14(20-7)18-11-12/h8-11H,1-7H3. The Kier molecular flexibility index (Phi) is 5.15. The molecule has 0 unspecified atom stereocenters. The number of methoxy groups -OCH3 is 1. The van der Waals surface area contributed by atoms with Crippen molar-refractivity contribution in [3.05, 3.63) is 29.5 Å². The van der Waals surface area contributed by atoms with E-state index in [1.54, 1.807) is 19.4 Å². The molecule has 116 valence electrons. The third kappa shape index (κ3) is 5.58. The predicted octanol–water partition coefficient (Wildman–Crippen LogP) is 3.86. The van der Waals surface area contributed by atoms with Gasteiger partial charge in [0, 0.05) is 17.8 Å². The van der Waals surface area contributed by atoms with Crippen LogP contribution in [0.5, 0.6) is 5.88 Å². The van der Waals surface area contributed by atoms with Crippen molar-refractivity contribution in [3.8, 4) is 5.88 Å². The van der Waals surface area contributed by atoms with Crippen molar-refractivity contribution in [2.24, 2.45) is 5.41 Å². The lowest BCUT2D eigenvalue weighted by molar-refractivity contribution is -0.150. The zero-order valence-corrected chi connectivity index (χ0v) is 14.0. The average Bonchev–Trinajstić information content (AvgIpc) is 2.33. The highest BCUT2D eigenvalue weighted by Gasteiger charge is 2.28. The van der Waals surface area contributed by atoms with Crippen LogP contribution in [0.4, 0.5) is 0 Å². The molecule has 0 aliphatic rings. The average molecular weight is 291 g/mol. The van der Waals surface area contributed by atoms with Crippen LogP contribution in [-0.2, 0) is 9.53 Å². The van der Waals surface area contributed by atoms with Gasteiger partial charge in [0.2, 0.25) is 5.88 Å². The van der Waals surface area contributed by atoms with Gasteiger partial charge >= 0.3 is 5.97 Å². The highest BCUT2D eigenvalue weighted by Crippen LogP contribution is 2.29. The number of hydrogen-bond acceptors (Lipinski definition) is 4. The summed E-state index contributed by atoms with van der Waals surface area (Å²) >= 11 is 0. The van der Waals surface area contributed by atoms with Gasteiger partial charge in [-0.1, -0.05) is 20.8 Å². The molecule has 0 spiro atoms.